The van der Waals surface area contributed by atoms with Crippen LogP contribution in [0.3, 0.4) is 0 Å². The molecule has 1 aliphatic heterocycles. The molecule has 0 radical (unpaired) electrons. The van der Waals surface area contributed by atoms with E-state index >= 15 is 0 Å². The second-order valence-corrected chi connectivity index (χ2v) is 4.53. The number of fused-ring (bicyclic) bond motifs is 1. The Kier molecular flexibility index (Phi) is 2.58. The van der Waals surface area contributed by atoms with Gasteiger partial charge < -0.3 is 10.8 Å². The van der Waals surface area contributed by atoms with E-state index in [9.17, 15) is 0 Å². The third-order valence-electron chi connectivity index (χ3n) is 2.44. The van der Waals surface area contributed by atoms with E-state index in [4.69, 9.17) is 10.8 Å². The van der Waals surface area contributed by atoms with Gasteiger partial charge in [-0.3, -0.25) is 0 Å². The number of aliphatic hydroxyl groups is 1. The highest BCUT2D eigenvalue weighted by atomic mass is 32.2. The molecule has 0 saturated carbocycles. The predicted molar refractivity (Wildman–Crippen MR) is 56.3 cm³/mol. The summed E-state index contributed by atoms with van der Waals surface area (Å²) in [5.41, 5.74) is 6.91. The van der Waals surface area contributed by atoms with Crippen LogP contribution in [0.2, 0.25) is 0 Å². The SMILES string of the molecule is NCC1=CC=CC2SC(CO)=CC12. The van der Waals surface area contributed by atoms with Crippen LogP contribution >= 0.6 is 11.8 Å². The van der Waals surface area contributed by atoms with Gasteiger partial charge in [0.25, 0.3) is 0 Å². The zero-order valence-corrected chi connectivity index (χ0v) is 8.13. The zero-order chi connectivity index (χ0) is 9.26. The summed E-state index contributed by atoms with van der Waals surface area (Å²) in [4.78, 5) is 1.07. The maximum atomic E-state index is 9.01. The standard InChI is InChI=1S/C10H13NOS/c11-5-7-2-1-3-10-9(7)4-8(6-12)13-10/h1-4,9-10,12H,5-6,11H2. The predicted octanol–water partition coefficient (Wildman–Crippen LogP) is 1.05. The van der Waals surface area contributed by atoms with E-state index in [-0.39, 0.29) is 6.61 Å². The summed E-state index contributed by atoms with van der Waals surface area (Å²) in [5.74, 6) is 0.419. The number of allylic oxidation sites excluding steroid dienone is 3. The lowest BCUT2D eigenvalue weighted by Gasteiger charge is -2.20. The van der Waals surface area contributed by atoms with Gasteiger partial charge in [0, 0.05) is 22.6 Å². The summed E-state index contributed by atoms with van der Waals surface area (Å²) in [5, 5.41) is 9.47. The number of rotatable bonds is 2. The van der Waals surface area contributed by atoms with Crippen molar-refractivity contribution in [2.75, 3.05) is 13.2 Å². The maximum absolute atomic E-state index is 9.01. The molecule has 0 aromatic carbocycles. The fraction of sp³-hybridized carbons (Fsp3) is 0.400. The fourth-order valence-corrected chi connectivity index (χ4v) is 2.97. The van der Waals surface area contributed by atoms with Crippen LogP contribution in [0.25, 0.3) is 0 Å². The Labute approximate surface area is 82.2 Å². The zero-order valence-electron chi connectivity index (χ0n) is 7.31. The average molecular weight is 195 g/mol. The van der Waals surface area contributed by atoms with E-state index in [0.717, 1.165) is 4.91 Å². The Hall–Kier alpha value is -0.510. The molecule has 70 valence electrons. The molecular weight excluding hydrogens is 182 g/mol. The highest BCUT2D eigenvalue weighted by Gasteiger charge is 2.29. The van der Waals surface area contributed by atoms with E-state index in [2.05, 4.69) is 24.3 Å². The summed E-state index contributed by atoms with van der Waals surface area (Å²) < 4.78 is 0. The monoisotopic (exact) mass is 195 g/mol. The summed E-state index contributed by atoms with van der Waals surface area (Å²) in [6.45, 7) is 0.768. The lowest BCUT2D eigenvalue weighted by molar-refractivity contribution is 0.339. The molecule has 2 unspecified atom stereocenters. The first-order valence-electron chi connectivity index (χ1n) is 4.40. The largest absolute Gasteiger partial charge is 0.391 e. The van der Waals surface area contributed by atoms with Gasteiger partial charge in [0.15, 0.2) is 0 Å². The van der Waals surface area contributed by atoms with Gasteiger partial charge in [-0.1, -0.05) is 24.3 Å². The Balaban J connectivity index is 2.22. The van der Waals surface area contributed by atoms with Gasteiger partial charge >= 0.3 is 0 Å². The average Bonchev–Trinajstić information content (AvgIpc) is 2.59. The highest BCUT2D eigenvalue weighted by Crippen LogP contribution is 2.41. The first-order chi connectivity index (χ1) is 6.35. The Morgan fingerprint density at radius 1 is 1.54 bits per heavy atom. The minimum absolute atomic E-state index is 0.156. The smallest absolute Gasteiger partial charge is 0.0737 e. The molecule has 1 aliphatic carbocycles. The lowest BCUT2D eigenvalue weighted by Crippen LogP contribution is -2.19. The minimum Gasteiger partial charge on any atom is -0.391 e. The second-order valence-electron chi connectivity index (χ2n) is 3.23. The molecule has 3 heteroatoms. The lowest BCUT2D eigenvalue weighted by atomic mass is 9.91. The number of nitrogens with two attached hydrogens (primary N) is 1. The van der Waals surface area contributed by atoms with Crippen molar-refractivity contribution in [3.05, 3.63) is 34.8 Å². The number of aliphatic hydroxyl groups excluding tert-OH is 1. The fourth-order valence-electron chi connectivity index (χ4n) is 1.75. The van der Waals surface area contributed by atoms with Gasteiger partial charge in [-0.2, -0.15) is 0 Å². The van der Waals surface area contributed by atoms with Crippen molar-refractivity contribution in [2.24, 2.45) is 11.7 Å². The van der Waals surface area contributed by atoms with Gasteiger partial charge in [0.2, 0.25) is 0 Å². The molecule has 3 N–H and O–H groups in total. The van der Waals surface area contributed by atoms with Crippen molar-refractivity contribution in [1.29, 1.82) is 0 Å². The molecule has 2 aliphatic rings. The normalized spacial score (nSPS) is 31.2. The van der Waals surface area contributed by atoms with Gasteiger partial charge in [-0.15, -0.1) is 11.8 Å². The Morgan fingerprint density at radius 2 is 2.38 bits per heavy atom. The van der Waals surface area contributed by atoms with Crippen LogP contribution in [0.4, 0.5) is 0 Å². The number of hydrogen-bond acceptors (Lipinski definition) is 3. The van der Waals surface area contributed by atoms with Gasteiger partial charge in [-0.05, 0) is 5.57 Å². The van der Waals surface area contributed by atoms with Crippen LogP contribution in [-0.4, -0.2) is 23.5 Å². The van der Waals surface area contributed by atoms with Crippen LogP contribution in [0.15, 0.2) is 34.8 Å². The van der Waals surface area contributed by atoms with Crippen molar-refractivity contribution < 1.29 is 5.11 Å². The van der Waals surface area contributed by atoms with E-state index in [1.54, 1.807) is 11.8 Å². The van der Waals surface area contributed by atoms with Crippen molar-refractivity contribution in [3.8, 4) is 0 Å². The van der Waals surface area contributed by atoms with Crippen molar-refractivity contribution in [2.45, 2.75) is 5.25 Å². The molecule has 0 spiro atoms. The van der Waals surface area contributed by atoms with Crippen LogP contribution in [0.5, 0.6) is 0 Å². The quantitative estimate of drug-likeness (QED) is 0.692. The topological polar surface area (TPSA) is 46.2 Å². The summed E-state index contributed by atoms with van der Waals surface area (Å²) >= 11 is 1.74. The summed E-state index contributed by atoms with van der Waals surface area (Å²) in [6.07, 6.45) is 8.45. The Bertz CT molecular complexity index is 293. The van der Waals surface area contributed by atoms with Crippen LogP contribution in [0, 0.1) is 5.92 Å². The van der Waals surface area contributed by atoms with E-state index in [1.165, 1.54) is 5.57 Å². The van der Waals surface area contributed by atoms with E-state index in [1.807, 2.05) is 0 Å². The molecule has 0 bridgehead atoms. The van der Waals surface area contributed by atoms with E-state index < -0.39 is 0 Å². The van der Waals surface area contributed by atoms with Crippen LogP contribution in [0.1, 0.15) is 0 Å². The first kappa shape index (κ1) is 9.06. The van der Waals surface area contributed by atoms with Gasteiger partial charge in [0.05, 0.1) is 6.61 Å². The molecule has 0 saturated heterocycles. The van der Waals surface area contributed by atoms with Crippen molar-refractivity contribution in [1.82, 2.24) is 0 Å². The van der Waals surface area contributed by atoms with Crippen molar-refractivity contribution >= 4 is 11.8 Å². The third kappa shape index (κ3) is 1.59. The minimum atomic E-state index is 0.156. The molecule has 1 heterocycles. The molecule has 0 fully saturated rings. The molecule has 2 rings (SSSR count). The van der Waals surface area contributed by atoms with Crippen LogP contribution < -0.4 is 5.73 Å². The molecule has 2 atom stereocenters. The summed E-state index contributed by atoms with van der Waals surface area (Å²) in [7, 11) is 0. The molecule has 0 amide bonds. The van der Waals surface area contributed by atoms with Crippen molar-refractivity contribution in [3.63, 3.8) is 0 Å². The second kappa shape index (κ2) is 3.70. The first-order valence-corrected chi connectivity index (χ1v) is 5.28. The molecule has 2 nitrogen and oxygen atoms in total. The maximum Gasteiger partial charge on any atom is 0.0737 e. The highest BCUT2D eigenvalue weighted by molar-refractivity contribution is 8.04. The van der Waals surface area contributed by atoms with Gasteiger partial charge in [0.1, 0.15) is 0 Å². The molecule has 13 heavy (non-hydrogen) atoms. The summed E-state index contributed by atoms with van der Waals surface area (Å²) in [6, 6.07) is 0. The Morgan fingerprint density at radius 3 is 3.08 bits per heavy atom. The molecule has 0 aromatic heterocycles. The molecular formula is C10H13NOS. The number of thioether (sulfide) groups is 1. The molecule has 0 aromatic rings. The van der Waals surface area contributed by atoms with Crippen LogP contribution in [-0.2, 0) is 0 Å². The third-order valence-corrected chi connectivity index (χ3v) is 3.73. The van der Waals surface area contributed by atoms with Gasteiger partial charge in [-0.25, -0.2) is 0 Å². The van der Waals surface area contributed by atoms with E-state index in [0.29, 0.717) is 17.7 Å². The number of hydrogen-bond donors (Lipinski definition) is 2.